The molecule has 0 aromatic heterocycles. The Morgan fingerprint density at radius 2 is 1.90 bits per heavy atom. The molecule has 112 valence electrons. The number of halogens is 2. The minimum atomic E-state index is -3.64. The van der Waals surface area contributed by atoms with E-state index in [9.17, 15) is 8.42 Å². The van der Waals surface area contributed by atoms with Crippen LogP contribution in [0.4, 0.5) is 11.4 Å². The van der Waals surface area contributed by atoms with Crippen LogP contribution in [0.25, 0.3) is 0 Å². The van der Waals surface area contributed by atoms with Gasteiger partial charge in [-0.3, -0.25) is 4.72 Å². The van der Waals surface area contributed by atoms with Gasteiger partial charge in [0, 0.05) is 5.69 Å². The van der Waals surface area contributed by atoms with Crippen molar-refractivity contribution in [3.05, 3.63) is 57.6 Å². The molecule has 2 aromatic rings. The van der Waals surface area contributed by atoms with E-state index in [1.54, 1.807) is 43.3 Å². The van der Waals surface area contributed by atoms with E-state index >= 15 is 0 Å². The summed E-state index contributed by atoms with van der Waals surface area (Å²) in [5.41, 5.74) is 7.67. The van der Waals surface area contributed by atoms with E-state index in [4.69, 9.17) is 28.9 Å². The molecule has 0 aliphatic carbocycles. The summed E-state index contributed by atoms with van der Waals surface area (Å²) in [5.74, 6) is -0.210. The Bertz CT molecular complexity index is 777. The Morgan fingerprint density at radius 3 is 2.57 bits per heavy atom. The van der Waals surface area contributed by atoms with Gasteiger partial charge in [0.25, 0.3) is 0 Å². The second-order valence-corrected chi connectivity index (χ2v) is 7.17. The standard InChI is InChI=1S/C14H14Cl2N2O2S/c1-9-5-6-12(15)14(13(9)16)18-21(19,20)8-10-3-2-4-11(17)7-10/h2-7,18H,8,17H2,1H3. The topological polar surface area (TPSA) is 72.2 Å². The zero-order chi connectivity index (χ0) is 15.6. The van der Waals surface area contributed by atoms with Gasteiger partial charge in [0.15, 0.2) is 0 Å². The van der Waals surface area contributed by atoms with Crippen LogP contribution in [0, 0.1) is 6.92 Å². The molecule has 0 atom stereocenters. The molecule has 2 aromatic carbocycles. The van der Waals surface area contributed by atoms with Crippen LogP contribution in [0.1, 0.15) is 11.1 Å². The van der Waals surface area contributed by atoms with E-state index in [0.29, 0.717) is 16.3 Å². The molecule has 3 N–H and O–H groups in total. The van der Waals surface area contributed by atoms with Gasteiger partial charge in [0.05, 0.1) is 21.5 Å². The summed E-state index contributed by atoms with van der Waals surface area (Å²) in [6.45, 7) is 1.77. The summed E-state index contributed by atoms with van der Waals surface area (Å²) in [4.78, 5) is 0. The average molecular weight is 345 g/mol. The lowest BCUT2D eigenvalue weighted by Crippen LogP contribution is -2.16. The Balaban J connectivity index is 2.28. The predicted octanol–water partition coefficient (Wildman–Crippen LogP) is 3.83. The van der Waals surface area contributed by atoms with Crippen molar-refractivity contribution in [2.24, 2.45) is 0 Å². The van der Waals surface area contributed by atoms with E-state index in [1.165, 1.54) is 0 Å². The van der Waals surface area contributed by atoms with Crippen molar-refractivity contribution in [3.63, 3.8) is 0 Å². The monoisotopic (exact) mass is 344 g/mol. The van der Waals surface area contributed by atoms with Crippen LogP contribution in [-0.2, 0) is 15.8 Å². The molecule has 0 saturated carbocycles. The highest BCUT2D eigenvalue weighted by atomic mass is 35.5. The first kappa shape index (κ1) is 15.9. The first-order valence-electron chi connectivity index (χ1n) is 6.08. The number of sulfonamides is 1. The SMILES string of the molecule is Cc1ccc(Cl)c(NS(=O)(=O)Cc2cccc(N)c2)c1Cl. The zero-order valence-corrected chi connectivity index (χ0v) is 13.6. The van der Waals surface area contributed by atoms with Gasteiger partial charge >= 0.3 is 0 Å². The highest BCUT2D eigenvalue weighted by molar-refractivity contribution is 7.91. The summed E-state index contributed by atoms with van der Waals surface area (Å²) in [5, 5.41) is 0.542. The van der Waals surface area contributed by atoms with Gasteiger partial charge in [-0.2, -0.15) is 0 Å². The maximum atomic E-state index is 12.2. The molecule has 0 unspecified atom stereocenters. The third-order valence-corrected chi connectivity index (χ3v) is 4.88. The third kappa shape index (κ3) is 4.03. The van der Waals surface area contributed by atoms with Gasteiger partial charge in [0.2, 0.25) is 10.0 Å². The van der Waals surface area contributed by atoms with E-state index in [1.807, 2.05) is 0 Å². The average Bonchev–Trinajstić information content (AvgIpc) is 2.39. The van der Waals surface area contributed by atoms with E-state index in [-0.39, 0.29) is 16.5 Å². The fourth-order valence-electron chi connectivity index (χ4n) is 1.84. The second-order valence-electron chi connectivity index (χ2n) is 4.66. The fraction of sp³-hybridized carbons (Fsp3) is 0.143. The van der Waals surface area contributed by atoms with Crippen molar-refractivity contribution >= 4 is 44.6 Å². The van der Waals surface area contributed by atoms with Gasteiger partial charge in [-0.1, -0.05) is 41.4 Å². The summed E-state index contributed by atoms with van der Waals surface area (Å²) in [7, 11) is -3.64. The molecule has 4 nitrogen and oxygen atoms in total. The summed E-state index contributed by atoms with van der Waals surface area (Å²) in [6, 6.07) is 10.0. The van der Waals surface area contributed by atoms with E-state index < -0.39 is 10.0 Å². The van der Waals surface area contributed by atoms with Crippen molar-refractivity contribution in [1.82, 2.24) is 0 Å². The van der Waals surface area contributed by atoms with Crippen LogP contribution in [-0.4, -0.2) is 8.42 Å². The number of benzene rings is 2. The Hall–Kier alpha value is -1.43. The van der Waals surface area contributed by atoms with Crippen molar-refractivity contribution in [3.8, 4) is 0 Å². The quantitative estimate of drug-likeness (QED) is 0.828. The van der Waals surface area contributed by atoms with E-state index in [0.717, 1.165) is 5.56 Å². The predicted molar refractivity (Wildman–Crippen MR) is 88.3 cm³/mol. The number of nitrogens with one attached hydrogen (secondary N) is 1. The first-order valence-corrected chi connectivity index (χ1v) is 8.49. The molecule has 21 heavy (non-hydrogen) atoms. The van der Waals surface area contributed by atoms with Crippen LogP contribution < -0.4 is 10.5 Å². The van der Waals surface area contributed by atoms with Gasteiger partial charge in [-0.15, -0.1) is 0 Å². The molecule has 0 radical (unpaired) electrons. The smallest absolute Gasteiger partial charge is 0.237 e. The minimum Gasteiger partial charge on any atom is -0.399 e. The first-order chi connectivity index (χ1) is 9.78. The van der Waals surface area contributed by atoms with Crippen LogP contribution in [0.3, 0.4) is 0 Å². The summed E-state index contributed by atoms with van der Waals surface area (Å²) >= 11 is 12.1. The van der Waals surface area contributed by atoms with Gasteiger partial charge in [-0.25, -0.2) is 8.42 Å². The van der Waals surface area contributed by atoms with Crippen LogP contribution >= 0.6 is 23.2 Å². The van der Waals surface area contributed by atoms with Crippen molar-refractivity contribution < 1.29 is 8.42 Å². The molecular weight excluding hydrogens is 331 g/mol. The molecule has 0 heterocycles. The minimum absolute atomic E-state index is 0.197. The molecule has 7 heteroatoms. The highest BCUT2D eigenvalue weighted by Gasteiger charge is 2.17. The maximum Gasteiger partial charge on any atom is 0.237 e. The Kier molecular flexibility index (Phi) is 4.66. The number of aryl methyl sites for hydroxylation is 1. The lowest BCUT2D eigenvalue weighted by Gasteiger charge is -2.13. The second kappa shape index (κ2) is 6.13. The molecule has 0 bridgehead atoms. The lowest BCUT2D eigenvalue weighted by atomic mass is 10.2. The lowest BCUT2D eigenvalue weighted by molar-refractivity contribution is 0.600. The number of nitrogen functional groups attached to an aromatic ring is 1. The van der Waals surface area contributed by atoms with Crippen LogP contribution in [0.15, 0.2) is 36.4 Å². The van der Waals surface area contributed by atoms with Crippen molar-refractivity contribution in [2.75, 3.05) is 10.5 Å². The number of nitrogens with two attached hydrogens (primary N) is 1. The number of hydrogen-bond donors (Lipinski definition) is 2. The largest absolute Gasteiger partial charge is 0.399 e. The fourth-order valence-corrected chi connectivity index (χ4v) is 3.63. The molecule has 2 rings (SSSR count). The van der Waals surface area contributed by atoms with Gasteiger partial charge in [0.1, 0.15) is 0 Å². The Labute approximate surface area is 133 Å². The normalized spacial score (nSPS) is 11.4. The summed E-state index contributed by atoms with van der Waals surface area (Å²) < 4.78 is 26.9. The van der Waals surface area contributed by atoms with Crippen LogP contribution in [0.5, 0.6) is 0 Å². The summed E-state index contributed by atoms with van der Waals surface area (Å²) in [6.07, 6.45) is 0. The molecule has 0 aliphatic rings. The zero-order valence-electron chi connectivity index (χ0n) is 11.2. The molecule has 0 amide bonds. The van der Waals surface area contributed by atoms with E-state index in [2.05, 4.69) is 4.72 Å². The van der Waals surface area contributed by atoms with Crippen molar-refractivity contribution in [2.45, 2.75) is 12.7 Å². The molecule has 0 aliphatic heterocycles. The molecular formula is C14H14Cl2N2O2S. The molecule has 0 fully saturated rings. The number of rotatable bonds is 4. The van der Waals surface area contributed by atoms with Crippen molar-refractivity contribution in [1.29, 1.82) is 0 Å². The van der Waals surface area contributed by atoms with Crippen LogP contribution in [0.2, 0.25) is 10.0 Å². The van der Waals surface area contributed by atoms with Gasteiger partial charge < -0.3 is 5.73 Å². The molecule has 0 spiro atoms. The Morgan fingerprint density at radius 1 is 1.19 bits per heavy atom. The highest BCUT2D eigenvalue weighted by Crippen LogP contribution is 2.33. The number of hydrogen-bond acceptors (Lipinski definition) is 3. The maximum absolute atomic E-state index is 12.2. The number of anilines is 2. The van der Waals surface area contributed by atoms with Gasteiger partial charge in [-0.05, 0) is 36.2 Å². The molecule has 0 saturated heterocycles. The third-order valence-electron chi connectivity index (χ3n) is 2.85.